The molecule has 2 aromatic carbocycles. The molecule has 8 heteroatoms. The molecular formula is C19H21FN2O4S. The van der Waals surface area contributed by atoms with Crippen LogP contribution in [0, 0.1) is 5.82 Å². The van der Waals surface area contributed by atoms with Gasteiger partial charge in [0.25, 0.3) is 5.91 Å². The maximum Gasteiger partial charge on any atom is 0.261 e. The van der Waals surface area contributed by atoms with Crippen LogP contribution in [0.5, 0.6) is 0 Å². The lowest BCUT2D eigenvalue weighted by molar-refractivity contribution is 0.0730. The number of rotatable bonds is 5. The molecule has 1 heterocycles. The van der Waals surface area contributed by atoms with Crippen molar-refractivity contribution in [1.29, 1.82) is 0 Å². The number of halogens is 1. The van der Waals surface area contributed by atoms with Gasteiger partial charge >= 0.3 is 0 Å². The number of carbonyl (C=O) groups is 1. The summed E-state index contributed by atoms with van der Waals surface area (Å²) in [6.07, 6.45) is 0. The maximum atomic E-state index is 14.4. The van der Waals surface area contributed by atoms with E-state index in [0.29, 0.717) is 25.4 Å². The van der Waals surface area contributed by atoms with Crippen LogP contribution in [-0.4, -0.2) is 51.5 Å². The van der Waals surface area contributed by atoms with E-state index >= 15 is 0 Å². The summed E-state index contributed by atoms with van der Waals surface area (Å²) in [4.78, 5) is 14.2. The van der Waals surface area contributed by atoms with Gasteiger partial charge < -0.3 is 9.64 Å². The van der Waals surface area contributed by atoms with Gasteiger partial charge in [0.05, 0.1) is 23.7 Å². The van der Waals surface area contributed by atoms with Crippen LogP contribution in [0.3, 0.4) is 0 Å². The minimum atomic E-state index is -3.82. The van der Waals surface area contributed by atoms with Crippen molar-refractivity contribution in [2.24, 2.45) is 0 Å². The van der Waals surface area contributed by atoms with Crippen molar-refractivity contribution in [1.82, 2.24) is 4.31 Å². The molecule has 2 aromatic rings. The molecule has 0 aliphatic carbocycles. The Morgan fingerprint density at radius 2 is 1.81 bits per heavy atom. The van der Waals surface area contributed by atoms with Crippen LogP contribution in [0.15, 0.2) is 53.4 Å². The quantitative estimate of drug-likeness (QED) is 0.784. The van der Waals surface area contributed by atoms with Gasteiger partial charge in [0, 0.05) is 25.3 Å². The fourth-order valence-corrected chi connectivity index (χ4v) is 4.40. The number of sulfonamides is 1. The normalized spacial score (nSPS) is 15.5. The van der Waals surface area contributed by atoms with Gasteiger partial charge in [-0.15, -0.1) is 0 Å². The number of ether oxygens (including phenoxy) is 1. The maximum absolute atomic E-state index is 14.4. The number of amides is 1. The van der Waals surface area contributed by atoms with E-state index in [1.165, 1.54) is 15.3 Å². The first-order valence-electron chi connectivity index (χ1n) is 8.69. The summed E-state index contributed by atoms with van der Waals surface area (Å²) >= 11 is 0. The third kappa shape index (κ3) is 4.02. The summed E-state index contributed by atoms with van der Waals surface area (Å²) in [5, 5.41) is 0. The summed E-state index contributed by atoms with van der Waals surface area (Å²) in [7, 11) is -3.82. The van der Waals surface area contributed by atoms with Crippen molar-refractivity contribution in [2.75, 3.05) is 37.7 Å². The minimum Gasteiger partial charge on any atom is -0.379 e. The van der Waals surface area contributed by atoms with Gasteiger partial charge in [-0.25, -0.2) is 12.8 Å². The first-order valence-corrected chi connectivity index (χ1v) is 10.1. The third-order valence-electron chi connectivity index (χ3n) is 4.41. The van der Waals surface area contributed by atoms with Gasteiger partial charge in [0.1, 0.15) is 5.82 Å². The Bertz CT molecular complexity index is 913. The van der Waals surface area contributed by atoms with Crippen molar-refractivity contribution in [3.05, 3.63) is 59.9 Å². The fraction of sp³-hybridized carbons (Fsp3) is 0.316. The van der Waals surface area contributed by atoms with Crippen molar-refractivity contribution in [3.63, 3.8) is 0 Å². The smallest absolute Gasteiger partial charge is 0.261 e. The Hall–Kier alpha value is -2.29. The Morgan fingerprint density at radius 3 is 2.44 bits per heavy atom. The molecule has 0 spiro atoms. The van der Waals surface area contributed by atoms with Crippen molar-refractivity contribution >= 4 is 21.6 Å². The van der Waals surface area contributed by atoms with E-state index in [-0.39, 0.29) is 23.5 Å². The number of nitrogens with zero attached hydrogens (tertiary/aromatic N) is 2. The van der Waals surface area contributed by atoms with E-state index in [4.69, 9.17) is 4.74 Å². The van der Waals surface area contributed by atoms with Gasteiger partial charge in [-0.1, -0.05) is 18.2 Å². The summed E-state index contributed by atoms with van der Waals surface area (Å²) in [5.41, 5.74) is 0.348. The van der Waals surface area contributed by atoms with Crippen LogP contribution in [0.2, 0.25) is 0 Å². The molecule has 0 aromatic heterocycles. The van der Waals surface area contributed by atoms with Gasteiger partial charge in [0.2, 0.25) is 10.0 Å². The highest BCUT2D eigenvalue weighted by molar-refractivity contribution is 7.89. The summed E-state index contributed by atoms with van der Waals surface area (Å²) in [6.45, 7) is 3.18. The zero-order valence-corrected chi connectivity index (χ0v) is 15.8. The average Bonchev–Trinajstić information content (AvgIpc) is 2.70. The second kappa shape index (κ2) is 8.16. The summed E-state index contributed by atoms with van der Waals surface area (Å²) < 4.78 is 46.5. The molecular weight excluding hydrogens is 371 g/mol. The lowest BCUT2D eigenvalue weighted by Gasteiger charge is -2.26. The second-order valence-corrected chi connectivity index (χ2v) is 7.98. The van der Waals surface area contributed by atoms with Crippen LogP contribution in [-0.2, 0) is 14.8 Å². The largest absolute Gasteiger partial charge is 0.379 e. The van der Waals surface area contributed by atoms with E-state index in [0.717, 1.165) is 12.1 Å². The highest BCUT2D eigenvalue weighted by atomic mass is 32.2. The molecule has 1 aliphatic heterocycles. The Balaban J connectivity index is 1.96. The molecule has 0 radical (unpaired) electrons. The Morgan fingerprint density at radius 1 is 1.15 bits per heavy atom. The molecule has 1 amide bonds. The van der Waals surface area contributed by atoms with Gasteiger partial charge in [-0.3, -0.25) is 4.79 Å². The monoisotopic (exact) mass is 392 g/mol. The number of anilines is 1. The lowest BCUT2D eigenvalue weighted by atomic mass is 10.1. The van der Waals surface area contributed by atoms with Crippen LogP contribution >= 0.6 is 0 Å². The zero-order chi connectivity index (χ0) is 19.4. The molecule has 0 saturated carbocycles. The first-order chi connectivity index (χ1) is 12.9. The number of benzene rings is 2. The molecule has 0 N–H and O–H groups in total. The standard InChI is InChI=1S/C19H21FN2O4S/c1-2-22(15-6-4-3-5-7-15)19(23)17-14-16(8-9-18(17)20)27(24,25)21-10-12-26-13-11-21/h3-9,14H,2,10-13H2,1H3. The lowest BCUT2D eigenvalue weighted by Crippen LogP contribution is -2.40. The first kappa shape index (κ1) is 19.5. The van der Waals surface area contributed by atoms with Crippen molar-refractivity contribution in [2.45, 2.75) is 11.8 Å². The molecule has 0 unspecified atom stereocenters. The predicted octanol–water partition coefficient (Wildman–Crippen LogP) is 2.51. The highest BCUT2D eigenvalue weighted by Gasteiger charge is 2.29. The van der Waals surface area contributed by atoms with Crippen molar-refractivity contribution < 1.29 is 22.3 Å². The Labute approximate surface area is 158 Å². The molecule has 1 aliphatic rings. The van der Waals surface area contributed by atoms with Gasteiger partial charge in [-0.05, 0) is 37.3 Å². The van der Waals surface area contributed by atoms with Gasteiger partial charge in [0.15, 0.2) is 0 Å². The molecule has 0 bridgehead atoms. The number of hydrogen-bond donors (Lipinski definition) is 0. The van der Waals surface area contributed by atoms with E-state index in [1.807, 2.05) is 6.07 Å². The number of morpholine rings is 1. The molecule has 6 nitrogen and oxygen atoms in total. The topological polar surface area (TPSA) is 66.9 Å². The Kier molecular flexibility index (Phi) is 5.88. The molecule has 3 rings (SSSR count). The molecule has 0 atom stereocenters. The number of hydrogen-bond acceptors (Lipinski definition) is 4. The van der Waals surface area contributed by atoms with Crippen LogP contribution in [0.25, 0.3) is 0 Å². The zero-order valence-electron chi connectivity index (χ0n) is 15.0. The van der Waals surface area contributed by atoms with Gasteiger partial charge in [-0.2, -0.15) is 4.31 Å². The van der Waals surface area contributed by atoms with Crippen LogP contribution in [0.4, 0.5) is 10.1 Å². The summed E-state index contributed by atoms with van der Waals surface area (Å²) in [5.74, 6) is -1.34. The second-order valence-electron chi connectivity index (χ2n) is 6.04. The predicted molar refractivity (Wildman–Crippen MR) is 99.8 cm³/mol. The van der Waals surface area contributed by atoms with Crippen LogP contribution < -0.4 is 4.90 Å². The summed E-state index contributed by atoms with van der Waals surface area (Å²) in [6, 6.07) is 12.2. The number of carbonyl (C=O) groups excluding carboxylic acids is 1. The molecule has 27 heavy (non-hydrogen) atoms. The molecule has 1 fully saturated rings. The van der Waals surface area contributed by atoms with Crippen molar-refractivity contribution in [3.8, 4) is 0 Å². The van der Waals surface area contributed by atoms with E-state index < -0.39 is 21.7 Å². The fourth-order valence-electron chi connectivity index (χ4n) is 2.96. The number of para-hydroxylation sites is 1. The SMILES string of the molecule is CCN(C(=O)c1cc(S(=O)(=O)N2CCOCC2)ccc1F)c1ccccc1. The van der Waals surface area contributed by atoms with Crippen LogP contribution in [0.1, 0.15) is 17.3 Å². The minimum absolute atomic E-state index is 0.0988. The van der Waals surface area contributed by atoms with E-state index in [2.05, 4.69) is 0 Å². The average molecular weight is 392 g/mol. The van der Waals surface area contributed by atoms with E-state index in [9.17, 15) is 17.6 Å². The van der Waals surface area contributed by atoms with E-state index in [1.54, 1.807) is 31.2 Å². The highest BCUT2D eigenvalue weighted by Crippen LogP contribution is 2.23. The third-order valence-corrected chi connectivity index (χ3v) is 6.30. The molecule has 144 valence electrons. The molecule has 1 saturated heterocycles.